The number of rotatable bonds is 6. The van der Waals surface area contributed by atoms with Gasteiger partial charge in [0.05, 0.1) is 18.6 Å². The fraction of sp³-hybridized carbons (Fsp3) is 0.611. The van der Waals surface area contributed by atoms with Crippen molar-refractivity contribution in [3.05, 3.63) is 35.9 Å². The van der Waals surface area contributed by atoms with E-state index in [4.69, 9.17) is 4.74 Å². The van der Waals surface area contributed by atoms with E-state index in [9.17, 15) is 4.79 Å². The second-order valence-corrected chi connectivity index (χ2v) is 6.81. The molecule has 1 heterocycles. The number of nitrogens with zero attached hydrogens (tertiary/aromatic N) is 1. The molecule has 1 aromatic carbocycles. The molecule has 0 aromatic heterocycles. The normalized spacial score (nSPS) is 21.5. The number of hydrogen-bond donors (Lipinski definition) is 1. The summed E-state index contributed by atoms with van der Waals surface area (Å²) in [7, 11) is 2.14. The molecule has 120 valence electrons. The summed E-state index contributed by atoms with van der Waals surface area (Å²) in [5.41, 5.74) is 0.909. The van der Waals surface area contributed by atoms with Crippen molar-refractivity contribution < 1.29 is 9.53 Å². The second kappa shape index (κ2) is 6.80. The van der Waals surface area contributed by atoms with Gasteiger partial charge in [0, 0.05) is 6.04 Å². The Morgan fingerprint density at radius 2 is 1.95 bits per heavy atom. The van der Waals surface area contributed by atoms with Crippen LogP contribution < -0.4 is 5.32 Å². The number of nitrogens with one attached hydrogen (secondary N) is 1. The maximum atomic E-state index is 12.5. The molecule has 2 aliphatic rings. The first-order valence-corrected chi connectivity index (χ1v) is 8.29. The molecule has 4 heteroatoms. The number of piperidine rings is 1. The van der Waals surface area contributed by atoms with E-state index in [1.165, 1.54) is 0 Å². The summed E-state index contributed by atoms with van der Waals surface area (Å²) in [4.78, 5) is 14.8. The minimum absolute atomic E-state index is 0.204. The molecule has 0 unspecified atom stereocenters. The topological polar surface area (TPSA) is 41.6 Å². The van der Waals surface area contributed by atoms with Crippen LogP contribution in [0.1, 0.15) is 31.2 Å². The van der Waals surface area contributed by atoms with E-state index in [0.29, 0.717) is 19.3 Å². The van der Waals surface area contributed by atoms with E-state index in [2.05, 4.69) is 29.4 Å². The van der Waals surface area contributed by atoms with Crippen LogP contribution in [0.4, 0.5) is 0 Å². The van der Waals surface area contributed by atoms with Crippen LogP contribution in [0, 0.1) is 5.41 Å². The van der Waals surface area contributed by atoms with Crippen LogP contribution in [-0.4, -0.2) is 43.6 Å². The average molecular weight is 302 g/mol. The first-order valence-electron chi connectivity index (χ1n) is 8.29. The van der Waals surface area contributed by atoms with Gasteiger partial charge in [-0.05, 0) is 51.4 Å². The van der Waals surface area contributed by atoms with Crippen LogP contribution in [0.25, 0.3) is 0 Å². The fourth-order valence-corrected chi connectivity index (χ4v) is 3.02. The quantitative estimate of drug-likeness (QED) is 0.876. The van der Waals surface area contributed by atoms with E-state index in [-0.39, 0.29) is 11.3 Å². The molecule has 0 atom stereocenters. The van der Waals surface area contributed by atoms with Crippen LogP contribution >= 0.6 is 0 Å². The molecule has 0 radical (unpaired) electrons. The van der Waals surface area contributed by atoms with Crippen molar-refractivity contribution in [1.29, 1.82) is 0 Å². The predicted molar refractivity (Wildman–Crippen MR) is 86.4 cm³/mol. The molecule has 3 rings (SSSR count). The summed E-state index contributed by atoms with van der Waals surface area (Å²) in [6.07, 6.45) is 4.03. The minimum Gasteiger partial charge on any atom is -0.376 e. The van der Waals surface area contributed by atoms with Crippen molar-refractivity contribution in [2.75, 3.05) is 26.7 Å². The van der Waals surface area contributed by atoms with Gasteiger partial charge in [-0.25, -0.2) is 0 Å². The van der Waals surface area contributed by atoms with Crippen LogP contribution in [0.5, 0.6) is 0 Å². The maximum Gasteiger partial charge on any atom is 0.228 e. The summed E-state index contributed by atoms with van der Waals surface area (Å²) < 4.78 is 5.81. The number of benzene rings is 1. The Morgan fingerprint density at radius 1 is 1.27 bits per heavy atom. The zero-order chi connectivity index (χ0) is 15.4. The molecule has 1 saturated carbocycles. The number of ether oxygens (including phenoxy) is 1. The Balaban J connectivity index is 1.43. The minimum atomic E-state index is -0.252. The van der Waals surface area contributed by atoms with Gasteiger partial charge < -0.3 is 15.0 Å². The third kappa shape index (κ3) is 3.87. The highest BCUT2D eigenvalue weighted by Gasteiger charge is 2.50. The zero-order valence-electron chi connectivity index (χ0n) is 13.4. The molecule has 1 saturated heterocycles. The largest absolute Gasteiger partial charge is 0.376 e. The van der Waals surface area contributed by atoms with Crippen molar-refractivity contribution in [3.8, 4) is 0 Å². The number of likely N-dealkylation sites (tertiary alicyclic amines) is 1. The van der Waals surface area contributed by atoms with Crippen LogP contribution in [0.2, 0.25) is 0 Å². The number of carbonyl (C=O) groups is 1. The third-order valence-electron chi connectivity index (χ3n) is 4.88. The van der Waals surface area contributed by atoms with Crippen molar-refractivity contribution >= 4 is 5.91 Å². The van der Waals surface area contributed by atoms with Gasteiger partial charge in [0.2, 0.25) is 5.91 Å². The van der Waals surface area contributed by atoms with E-state index in [1.54, 1.807) is 0 Å². The maximum absolute atomic E-state index is 12.5. The standard InChI is InChI=1S/C18H26N2O2/c1-20-11-7-16(8-12-20)19-17(21)18(9-10-18)14-22-13-15-5-3-2-4-6-15/h2-6,16H,7-14H2,1H3,(H,19,21). The lowest BCUT2D eigenvalue weighted by atomic mass is 10.0. The fourth-order valence-electron chi connectivity index (χ4n) is 3.02. The molecule has 1 amide bonds. The Bertz CT molecular complexity index is 491. The van der Waals surface area contributed by atoms with E-state index in [1.807, 2.05) is 18.2 Å². The number of amides is 1. The van der Waals surface area contributed by atoms with Gasteiger partial charge in [-0.3, -0.25) is 4.79 Å². The van der Waals surface area contributed by atoms with Gasteiger partial charge >= 0.3 is 0 Å². The molecule has 2 fully saturated rings. The van der Waals surface area contributed by atoms with E-state index < -0.39 is 0 Å². The van der Waals surface area contributed by atoms with Crippen molar-refractivity contribution in [2.45, 2.75) is 38.3 Å². The van der Waals surface area contributed by atoms with E-state index >= 15 is 0 Å². The van der Waals surface area contributed by atoms with Crippen molar-refractivity contribution in [1.82, 2.24) is 10.2 Å². The third-order valence-corrected chi connectivity index (χ3v) is 4.88. The highest BCUT2D eigenvalue weighted by atomic mass is 16.5. The molecule has 22 heavy (non-hydrogen) atoms. The Hall–Kier alpha value is -1.39. The number of hydrogen-bond acceptors (Lipinski definition) is 3. The first kappa shape index (κ1) is 15.5. The molecule has 0 spiro atoms. The molecule has 1 N–H and O–H groups in total. The Kier molecular flexibility index (Phi) is 4.79. The average Bonchev–Trinajstić information content (AvgIpc) is 3.32. The predicted octanol–water partition coefficient (Wildman–Crippen LogP) is 2.19. The summed E-state index contributed by atoms with van der Waals surface area (Å²) in [5.74, 6) is 0.204. The SMILES string of the molecule is CN1CCC(NC(=O)C2(COCc3ccccc3)CC2)CC1. The van der Waals surface area contributed by atoms with Gasteiger partial charge in [-0.2, -0.15) is 0 Å². The van der Waals surface area contributed by atoms with Gasteiger partial charge in [-0.15, -0.1) is 0 Å². The summed E-state index contributed by atoms with van der Waals surface area (Å²) >= 11 is 0. The van der Waals surface area contributed by atoms with Gasteiger partial charge in [0.1, 0.15) is 0 Å². The second-order valence-electron chi connectivity index (χ2n) is 6.81. The number of carbonyl (C=O) groups excluding carboxylic acids is 1. The van der Waals surface area contributed by atoms with Crippen LogP contribution in [0.3, 0.4) is 0 Å². The Morgan fingerprint density at radius 3 is 2.59 bits per heavy atom. The van der Waals surface area contributed by atoms with Crippen LogP contribution in [-0.2, 0) is 16.1 Å². The summed E-state index contributed by atoms with van der Waals surface area (Å²) in [5, 5.41) is 3.25. The van der Waals surface area contributed by atoms with Crippen molar-refractivity contribution in [3.63, 3.8) is 0 Å². The van der Waals surface area contributed by atoms with E-state index in [0.717, 1.165) is 44.3 Å². The zero-order valence-corrected chi connectivity index (χ0v) is 13.4. The highest BCUT2D eigenvalue weighted by molar-refractivity contribution is 5.85. The lowest BCUT2D eigenvalue weighted by Gasteiger charge is -2.30. The molecule has 1 aromatic rings. The highest BCUT2D eigenvalue weighted by Crippen LogP contribution is 2.46. The molecule has 1 aliphatic heterocycles. The lowest BCUT2D eigenvalue weighted by molar-refractivity contribution is -0.130. The van der Waals surface area contributed by atoms with Gasteiger partial charge in [-0.1, -0.05) is 30.3 Å². The van der Waals surface area contributed by atoms with Crippen LogP contribution in [0.15, 0.2) is 30.3 Å². The van der Waals surface area contributed by atoms with Crippen molar-refractivity contribution in [2.24, 2.45) is 5.41 Å². The molecule has 0 bridgehead atoms. The van der Waals surface area contributed by atoms with Gasteiger partial charge in [0.25, 0.3) is 0 Å². The monoisotopic (exact) mass is 302 g/mol. The first-order chi connectivity index (χ1) is 10.7. The molecular formula is C18H26N2O2. The lowest BCUT2D eigenvalue weighted by Crippen LogP contribution is -2.46. The molecule has 4 nitrogen and oxygen atoms in total. The molecule has 1 aliphatic carbocycles. The summed E-state index contributed by atoms with van der Waals surface area (Å²) in [6.45, 7) is 3.27. The van der Waals surface area contributed by atoms with Gasteiger partial charge in [0.15, 0.2) is 0 Å². The summed E-state index contributed by atoms with van der Waals surface area (Å²) in [6, 6.07) is 10.5. The Labute approximate surface area is 132 Å². The molecular weight excluding hydrogens is 276 g/mol. The smallest absolute Gasteiger partial charge is 0.228 e.